The number of benzene rings is 3. The van der Waals surface area contributed by atoms with Gasteiger partial charge in [0.15, 0.2) is 5.17 Å². The van der Waals surface area contributed by atoms with E-state index in [1.807, 2.05) is 42.5 Å². The molecule has 32 heavy (non-hydrogen) atoms. The molecule has 1 fully saturated rings. The topological polar surface area (TPSA) is 61.8 Å². The van der Waals surface area contributed by atoms with Crippen molar-refractivity contribution < 1.29 is 14.0 Å². The van der Waals surface area contributed by atoms with Gasteiger partial charge in [-0.2, -0.15) is 0 Å². The lowest BCUT2D eigenvalue weighted by Crippen LogP contribution is -2.44. The number of aliphatic imine (C=N–C) groups is 1. The van der Waals surface area contributed by atoms with Crippen LogP contribution in [0.2, 0.25) is 5.02 Å². The van der Waals surface area contributed by atoms with Crippen molar-refractivity contribution in [1.29, 1.82) is 0 Å². The maximum absolute atomic E-state index is 13.1. The molecule has 8 heteroatoms. The van der Waals surface area contributed by atoms with Crippen molar-refractivity contribution >= 4 is 51.7 Å². The van der Waals surface area contributed by atoms with E-state index in [1.54, 1.807) is 17.0 Å². The molecule has 0 spiro atoms. The number of hydrogen-bond acceptors (Lipinski definition) is 4. The van der Waals surface area contributed by atoms with Gasteiger partial charge in [0.25, 0.3) is 0 Å². The highest BCUT2D eigenvalue weighted by Crippen LogP contribution is 2.31. The maximum atomic E-state index is 13.1. The van der Waals surface area contributed by atoms with Crippen LogP contribution in [0.1, 0.15) is 12.0 Å². The van der Waals surface area contributed by atoms with E-state index in [9.17, 15) is 14.0 Å². The summed E-state index contributed by atoms with van der Waals surface area (Å²) in [6, 6.07) is 22.0. The van der Waals surface area contributed by atoms with Gasteiger partial charge in [0.05, 0.1) is 12.2 Å². The minimum atomic E-state index is -0.656. The molecule has 1 aliphatic rings. The Morgan fingerprint density at radius 1 is 1.06 bits per heavy atom. The standard InChI is InChI=1S/C24H19ClFN3O2S/c25-17-8-6-16(7-9-17)15-29-22(30)14-21(23(31)27-20-12-10-18(26)11-13-20)32-24(29)28-19-4-2-1-3-5-19/h1-13,21H,14-15H2,(H,27,31)/t21-/m0/s1. The third kappa shape index (κ3) is 5.55. The molecule has 0 radical (unpaired) electrons. The van der Waals surface area contributed by atoms with Gasteiger partial charge in [-0.25, -0.2) is 9.38 Å². The molecule has 162 valence electrons. The normalized spacial score (nSPS) is 17.4. The van der Waals surface area contributed by atoms with E-state index in [2.05, 4.69) is 10.3 Å². The van der Waals surface area contributed by atoms with Gasteiger partial charge >= 0.3 is 0 Å². The van der Waals surface area contributed by atoms with E-state index in [0.29, 0.717) is 28.1 Å². The number of carbonyl (C=O) groups is 2. The molecule has 4 rings (SSSR count). The third-order valence-corrected chi connectivity index (χ3v) is 6.22. The summed E-state index contributed by atoms with van der Waals surface area (Å²) in [5, 5.41) is 3.15. The quantitative estimate of drug-likeness (QED) is 0.528. The number of carbonyl (C=O) groups excluding carboxylic acids is 2. The molecule has 0 bridgehead atoms. The summed E-state index contributed by atoms with van der Waals surface area (Å²) < 4.78 is 13.1. The summed E-state index contributed by atoms with van der Waals surface area (Å²) in [5.74, 6) is -0.921. The van der Waals surface area contributed by atoms with Crippen LogP contribution >= 0.6 is 23.4 Å². The molecule has 5 nitrogen and oxygen atoms in total. The molecule has 2 amide bonds. The molecule has 0 aromatic heterocycles. The molecular weight excluding hydrogens is 449 g/mol. The highest BCUT2D eigenvalue weighted by molar-refractivity contribution is 8.15. The van der Waals surface area contributed by atoms with Gasteiger partial charge in [0.2, 0.25) is 11.8 Å². The zero-order chi connectivity index (χ0) is 22.5. The fourth-order valence-corrected chi connectivity index (χ4v) is 4.36. The number of halogens is 2. The van der Waals surface area contributed by atoms with Crippen molar-refractivity contribution in [1.82, 2.24) is 4.90 Å². The summed E-state index contributed by atoms with van der Waals surface area (Å²) in [4.78, 5) is 32.1. The van der Waals surface area contributed by atoms with Gasteiger partial charge in [-0.3, -0.25) is 14.5 Å². The van der Waals surface area contributed by atoms with Crippen molar-refractivity contribution in [3.63, 3.8) is 0 Å². The van der Waals surface area contributed by atoms with Crippen molar-refractivity contribution in [2.75, 3.05) is 5.32 Å². The lowest BCUT2D eigenvalue weighted by Gasteiger charge is -2.32. The van der Waals surface area contributed by atoms with E-state index >= 15 is 0 Å². The molecule has 0 aliphatic carbocycles. The van der Waals surface area contributed by atoms with Gasteiger partial charge in [-0.1, -0.05) is 53.7 Å². The van der Waals surface area contributed by atoms with Gasteiger partial charge in [-0.05, 0) is 54.1 Å². The van der Waals surface area contributed by atoms with Crippen molar-refractivity contribution in [3.05, 3.63) is 95.3 Å². The Labute approximate surface area is 194 Å². The van der Waals surface area contributed by atoms with Crippen LogP contribution in [-0.2, 0) is 16.1 Å². The third-order valence-electron chi connectivity index (χ3n) is 4.78. The van der Waals surface area contributed by atoms with Crippen LogP contribution in [0.15, 0.2) is 83.9 Å². The Balaban J connectivity index is 1.57. The predicted octanol–water partition coefficient (Wildman–Crippen LogP) is 5.64. The number of hydrogen-bond donors (Lipinski definition) is 1. The van der Waals surface area contributed by atoms with E-state index in [0.717, 1.165) is 5.56 Å². The SMILES string of the molecule is O=C(Nc1ccc(F)cc1)[C@@H]1CC(=O)N(Cc2ccc(Cl)cc2)C(=Nc2ccccc2)S1. The number of thioether (sulfide) groups is 1. The molecule has 3 aromatic carbocycles. The number of nitrogens with zero attached hydrogens (tertiary/aromatic N) is 2. The van der Waals surface area contributed by atoms with Crippen molar-refractivity contribution in [2.45, 2.75) is 18.2 Å². The minimum absolute atomic E-state index is 0.0269. The number of nitrogens with one attached hydrogen (secondary N) is 1. The summed E-state index contributed by atoms with van der Waals surface area (Å²) in [6.07, 6.45) is 0.0269. The van der Waals surface area contributed by atoms with Crippen LogP contribution in [0.25, 0.3) is 0 Å². The smallest absolute Gasteiger partial charge is 0.238 e. The lowest BCUT2D eigenvalue weighted by atomic mass is 10.2. The fourth-order valence-electron chi connectivity index (χ4n) is 3.14. The van der Waals surface area contributed by atoms with Crippen LogP contribution in [0.5, 0.6) is 0 Å². The molecule has 0 unspecified atom stereocenters. The first-order valence-corrected chi connectivity index (χ1v) is 11.2. The van der Waals surface area contributed by atoms with Gasteiger partial charge in [0, 0.05) is 17.1 Å². The second kappa shape index (κ2) is 9.97. The highest BCUT2D eigenvalue weighted by atomic mass is 35.5. The fraction of sp³-hybridized carbons (Fsp3) is 0.125. The van der Waals surface area contributed by atoms with Gasteiger partial charge in [-0.15, -0.1) is 0 Å². The predicted molar refractivity (Wildman–Crippen MR) is 127 cm³/mol. The Morgan fingerprint density at radius 2 is 1.75 bits per heavy atom. The number of amides is 2. The summed E-state index contributed by atoms with van der Waals surface area (Å²) in [5.41, 5.74) is 2.05. The first kappa shape index (κ1) is 22.0. The highest BCUT2D eigenvalue weighted by Gasteiger charge is 2.36. The van der Waals surface area contributed by atoms with Crippen LogP contribution in [0.4, 0.5) is 15.8 Å². The monoisotopic (exact) mass is 467 g/mol. The minimum Gasteiger partial charge on any atom is -0.325 e. The Hall–Kier alpha value is -3.16. The van der Waals surface area contributed by atoms with Gasteiger partial charge < -0.3 is 5.32 Å². The summed E-state index contributed by atoms with van der Waals surface area (Å²) >= 11 is 7.21. The molecule has 3 aromatic rings. The molecule has 1 saturated heterocycles. The molecule has 1 heterocycles. The average Bonchev–Trinajstić information content (AvgIpc) is 2.79. The van der Waals surface area contributed by atoms with E-state index < -0.39 is 5.25 Å². The van der Waals surface area contributed by atoms with Crippen LogP contribution in [-0.4, -0.2) is 27.1 Å². The zero-order valence-corrected chi connectivity index (χ0v) is 18.4. The van der Waals surface area contributed by atoms with Crippen molar-refractivity contribution in [3.8, 4) is 0 Å². The van der Waals surface area contributed by atoms with E-state index in [1.165, 1.54) is 36.0 Å². The molecule has 1 N–H and O–H groups in total. The molecule has 1 aliphatic heterocycles. The number of para-hydroxylation sites is 1. The first-order chi connectivity index (χ1) is 15.5. The Bertz CT molecular complexity index is 1140. The number of anilines is 1. The lowest BCUT2D eigenvalue weighted by molar-refractivity contribution is -0.129. The zero-order valence-electron chi connectivity index (χ0n) is 16.9. The summed E-state index contributed by atoms with van der Waals surface area (Å²) in [7, 11) is 0. The molecule has 0 saturated carbocycles. The summed E-state index contributed by atoms with van der Waals surface area (Å²) in [6.45, 7) is 0.320. The van der Waals surface area contributed by atoms with Gasteiger partial charge in [0.1, 0.15) is 11.1 Å². The van der Waals surface area contributed by atoms with Crippen LogP contribution in [0, 0.1) is 5.82 Å². The Kier molecular flexibility index (Phi) is 6.87. The molecule has 1 atom stereocenters. The molecular formula is C24H19ClFN3O2S. The van der Waals surface area contributed by atoms with E-state index in [-0.39, 0.29) is 24.1 Å². The van der Waals surface area contributed by atoms with Crippen LogP contribution in [0.3, 0.4) is 0 Å². The number of amidine groups is 1. The maximum Gasteiger partial charge on any atom is 0.238 e. The Morgan fingerprint density at radius 3 is 2.44 bits per heavy atom. The second-order valence-corrected chi connectivity index (χ2v) is 8.75. The second-order valence-electron chi connectivity index (χ2n) is 7.14. The largest absolute Gasteiger partial charge is 0.325 e. The van der Waals surface area contributed by atoms with Crippen molar-refractivity contribution in [2.24, 2.45) is 4.99 Å². The number of rotatable bonds is 5. The van der Waals surface area contributed by atoms with Crippen LogP contribution < -0.4 is 5.32 Å². The van der Waals surface area contributed by atoms with E-state index in [4.69, 9.17) is 11.6 Å². The average molecular weight is 468 g/mol. The first-order valence-electron chi connectivity index (χ1n) is 9.89.